The zero-order chi connectivity index (χ0) is 43.2. The number of carbonyl (C=O) groups is 1. The summed E-state index contributed by atoms with van der Waals surface area (Å²) in [6.45, 7) is 7.19. The molecule has 4 aromatic carbocycles. The van der Waals surface area contributed by atoms with Gasteiger partial charge in [-0.15, -0.1) is 0 Å². The van der Waals surface area contributed by atoms with Gasteiger partial charge in [0, 0.05) is 62.7 Å². The van der Waals surface area contributed by atoms with Gasteiger partial charge in [0.05, 0.1) is 28.8 Å². The van der Waals surface area contributed by atoms with Crippen LogP contribution < -0.4 is 18.9 Å². The maximum atomic E-state index is 14.2. The molecule has 0 bridgehead atoms. The van der Waals surface area contributed by atoms with E-state index < -0.39 is 17.9 Å². The van der Waals surface area contributed by atoms with Crippen LogP contribution in [0.15, 0.2) is 114 Å². The fourth-order valence-corrected chi connectivity index (χ4v) is 7.71. The van der Waals surface area contributed by atoms with Gasteiger partial charge in [0.1, 0.15) is 47.8 Å². The maximum Gasteiger partial charge on any atom is 0.345 e. The SMILES string of the molecule is COc1ccccc1-c1nccc(COc2ccccc2CC(Oc2ccnc3oc(-c4ccc(F)cc4)c(-c4ccc(OCCN5CCN(C)CC5)c(Cl)c4C)c23)C(=O)O)n1. The van der Waals surface area contributed by atoms with Crippen molar-refractivity contribution in [1.29, 1.82) is 0 Å². The molecule has 0 aliphatic carbocycles. The highest BCUT2D eigenvalue weighted by Gasteiger charge is 2.29. The van der Waals surface area contributed by atoms with E-state index in [1.54, 1.807) is 49.7 Å². The summed E-state index contributed by atoms with van der Waals surface area (Å²) in [6.07, 6.45) is 1.74. The highest BCUT2D eigenvalue weighted by molar-refractivity contribution is 6.33. The molecule has 0 amide bonds. The van der Waals surface area contributed by atoms with Gasteiger partial charge in [-0.3, -0.25) is 4.90 Å². The monoisotopic (exact) mass is 857 g/mol. The minimum atomic E-state index is -1.36. The molecule has 0 saturated carbocycles. The molecule has 3 aromatic heterocycles. The van der Waals surface area contributed by atoms with E-state index >= 15 is 0 Å². The zero-order valence-electron chi connectivity index (χ0n) is 34.5. The smallest absolute Gasteiger partial charge is 0.345 e. The molecule has 1 aliphatic rings. The van der Waals surface area contributed by atoms with Crippen LogP contribution in [0.4, 0.5) is 4.39 Å². The lowest BCUT2D eigenvalue weighted by Gasteiger charge is -2.32. The molecule has 4 heterocycles. The van der Waals surface area contributed by atoms with Gasteiger partial charge in [0.2, 0.25) is 5.71 Å². The highest BCUT2D eigenvalue weighted by Crippen LogP contribution is 2.47. The van der Waals surface area contributed by atoms with E-state index in [1.165, 1.54) is 18.3 Å². The van der Waals surface area contributed by atoms with Crippen LogP contribution >= 0.6 is 11.6 Å². The van der Waals surface area contributed by atoms with Crippen molar-refractivity contribution in [3.05, 3.63) is 137 Å². The number of aliphatic carboxylic acids is 1. The summed E-state index contributed by atoms with van der Waals surface area (Å²) >= 11 is 7.04. The Hall–Kier alpha value is -6.54. The maximum absolute atomic E-state index is 14.2. The standard InChI is InChI=1S/C48H45ClFN5O7/c1-30-35(16-17-40(44(30)49)59-27-26-55-24-22-54(2)23-25-55)42-43-39(19-21-52-47(43)62-45(42)31-12-14-33(50)15-13-31)61-41(48(56)57)28-32-8-4-6-10-37(32)60-29-34-18-20-51-46(53-34)36-9-5-7-11-38(36)58-3/h4-21,41H,22-29H2,1-3H3,(H,56,57). The Morgan fingerprint density at radius 3 is 2.37 bits per heavy atom. The second-order valence-electron chi connectivity index (χ2n) is 15.0. The molecule has 318 valence electrons. The van der Waals surface area contributed by atoms with Crippen LogP contribution in [-0.4, -0.2) is 95.4 Å². The number of likely N-dealkylation sites (N-methyl/N-ethyl adjacent to an activating group) is 1. The lowest BCUT2D eigenvalue weighted by atomic mass is 9.95. The van der Waals surface area contributed by atoms with Crippen molar-refractivity contribution >= 4 is 28.7 Å². The number of piperazine rings is 1. The number of aromatic nitrogens is 3. The molecule has 1 saturated heterocycles. The molecule has 8 rings (SSSR count). The Kier molecular flexibility index (Phi) is 12.9. The van der Waals surface area contributed by atoms with Crippen molar-refractivity contribution in [3.8, 4) is 56.8 Å². The Labute approximate surface area is 363 Å². The molecule has 1 unspecified atom stereocenters. The Bertz CT molecular complexity index is 2690. The number of hydrogen-bond donors (Lipinski definition) is 1. The molecule has 1 N–H and O–H groups in total. The second-order valence-corrected chi connectivity index (χ2v) is 15.3. The fraction of sp³-hybridized carbons (Fsp3) is 0.250. The van der Waals surface area contributed by atoms with Crippen LogP contribution in [0.5, 0.6) is 23.0 Å². The van der Waals surface area contributed by atoms with Gasteiger partial charge in [-0.25, -0.2) is 24.1 Å². The summed E-state index contributed by atoms with van der Waals surface area (Å²) in [4.78, 5) is 31.3. The number of carboxylic acids is 1. The minimum absolute atomic E-state index is 0.0470. The lowest BCUT2D eigenvalue weighted by Crippen LogP contribution is -2.45. The Morgan fingerprint density at radius 2 is 1.60 bits per heavy atom. The number of carboxylic acid groups (broad SMARTS) is 1. The number of ether oxygens (including phenoxy) is 4. The number of furan rings is 1. The first kappa shape index (κ1) is 42.2. The highest BCUT2D eigenvalue weighted by atomic mass is 35.5. The molecule has 7 aromatic rings. The largest absolute Gasteiger partial charge is 0.496 e. The van der Waals surface area contributed by atoms with Crippen LogP contribution in [0, 0.1) is 12.7 Å². The van der Waals surface area contributed by atoms with Crippen molar-refractivity contribution in [3.63, 3.8) is 0 Å². The Balaban J connectivity index is 1.08. The topological polar surface area (TPSA) is 133 Å². The number of nitrogens with zero attached hydrogens (tertiary/aromatic N) is 5. The molecular weight excluding hydrogens is 813 g/mol. The third kappa shape index (κ3) is 9.35. The third-order valence-electron chi connectivity index (χ3n) is 10.9. The molecule has 12 nitrogen and oxygen atoms in total. The number of pyridine rings is 1. The van der Waals surface area contributed by atoms with Crippen molar-refractivity contribution < 1.29 is 37.7 Å². The van der Waals surface area contributed by atoms with Crippen LogP contribution in [0.2, 0.25) is 5.02 Å². The minimum Gasteiger partial charge on any atom is -0.496 e. The van der Waals surface area contributed by atoms with Crippen LogP contribution in [-0.2, 0) is 17.8 Å². The molecule has 1 atom stereocenters. The van der Waals surface area contributed by atoms with E-state index in [-0.39, 0.29) is 24.5 Å². The second kappa shape index (κ2) is 19.0. The molecule has 62 heavy (non-hydrogen) atoms. The van der Waals surface area contributed by atoms with Gasteiger partial charge in [-0.05, 0) is 91.3 Å². The van der Waals surface area contributed by atoms with E-state index in [4.69, 9.17) is 39.9 Å². The number of fused-ring (bicyclic) bond motifs is 1. The number of rotatable bonds is 16. The van der Waals surface area contributed by atoms with E-state index in [2.05, 4.69) is 26.8 Å². The van der Waals surface area contributed by atoms with Crippen molar-refractivity contribution in [2.75, 3.05) is 53.5 Å². The number of halogens is 2. The van der Waals surface area contributed by atoms with Crippen molar-refractivity contribution in [2.45, 2.75) is 26.1 Å². The normalized spacial score (nSPS) is 13.8. The van der Waals surface area contributed by atoms with E-state index in [0.29, 0.717) is 79.4 Å². The van der Waals surface area contributed by atoms with Crippen LogP contribution in [0.1, 0.15) is 16.8 Å². The number of hydrogen-bond acceptors (Lipinski definition) is 11. The summed E-state index contributed by atoms with van der Waals surface area (Å²) < 4.78 is 45.0. The van der Waals surface area contributed by atoms with Gasteiger partial charge in [-0.2, -0.15) is 0 Å². The molecule has 1 aliphatic heterocycles. The van der Waals surface area contributed by atoms with Gasteiger partial charge in [0.15, 0.2) is 11.9 Å². The van der Waals surface area contributed by atoms with Gasteiger partial charge in [-0.1, -0.05) is 48.0 Å². The summed E-state index contributed by atoms with van der Waals surface area (Å²) in [5.41, 5.74) is 4.68. The number of methoxy groups -OCH3 is 1. The number of benzene rings is 4. The quantitative estimate of drug-likeness (QED) is 0.0995. The molecule has 1 fully saturated rings. The van der Waals surface area contributed by atoms with E-state index in [9.17, 15) is 14.3 Å². The summed E-state index contributed by atoms with van der Waals surface area (Å²) in [5.74, 6) is 1.15. The summed E-state index contributed by atoms with van der Waals surface area (Å²) in [6, 6.07) is 27.7. The van der Waals surface area contributed by atoms with Crippen molar-refractivity contribution in [1.82, 2.24) is 24.8 Å². The first-order valence-corrected chi connectivity index (χ1v) is 20.6. The fourth-order valence-electron chi connectivity index (χ4n) is 7.49. The van der Waals surface area contributed by atoms with Gasteiger partial charge < -0.3 is 33.4 Å². The first-order chi connectivity index (χ1) is 30.2. The van der Waals surface area contributed by atoms with Crippen LogP contribution in [0.25, 0.3) is 44.9 Å². The van der Waals surface area contributed by atoms with E-state index in [0.717, 1.165) is 38.3 Å². The Morgan fingerprint density at radius 1 is 0.855 bits per heavy atom. The predicted octanol–water partition coefficient (Wildman–Crippen LogP) is 9.01. The molecular formula is C48H45ClFN5O7. The summed E-state index contributed by atoms with van der Waals surface area (Å²) in [7, 11) is 3.72. The van der Waals surface area contributed by atoms with Crippen molar-refractivity contribution in [2.24, 2.45) is 0 Å². The molecule has 0 spiro atoms. The first-order valence-electron chi connectivity index (χ1n) is 20.2. The van der Waals surface area contributed by atoms with Gasteiger partial charge >= 0.3 is 5.97 Å². The molecule has 0 radical (unpaired) electrons. The molecule has 14 heteroatoms. The number of para-hydroxylation sites is 2. The lowest BCUT2D eigenvalue weighted by molar-refractivity contribution is -0.145. The zero-order valence-corrected chi connectivity index (χ0v) is 35.3. The predicted molar refractivity (Wildman–Crippen MR) is 235 cm³/mol. The average molecular weight is 858 g/mol. The van der Waals surface area contributed by atoms with Gasteiger partial charge in [0.25, 0.3) is 0 Å². The van der Waals surface area contributed by atoms with E-state index in [1.807, 2.05) is 55.5 Å². The summed E-state index contributed by atoms with van der Waals surface area (Å²) in [5, 5.41) is 11.5. The average Bonchev–Trinajstić information content (AvgIpc) is 3.68. The third-order valence-corrected chi connectivity index (χ3v) is 11.4. The van der Waals surface area contributed by atoms with Crippen LogP contribution in [0.3, 0.4) is 0 Å².